The lowest BCUT2D eigenvalue weighted by atomic mass is 10.2. The van der Waals surface area contributed by atoms with Crippen molar-refractivity contribution in [2.75, 3.05) is 6.61 Å². The summed E-state index contributed by atoms with van der Waals surface area (Å²) < 4.78 is 0. The summed E-state index contributed by atoms with van der Waals surface area (Å²) in [4.78, 5) is 0.0810. The van der Waals surface area contributed by atoms with Crippen LogP contribution in [0.15, 0.2) is 0 Å². The Labute approximate surface area is 58.9 Å². The van der Waals surface area contributed by atoms with Crippen molar-refractivity contribution in [3.05, 3.63) is 0 Å². The molecule has 0 aromatic carbocycles. The van der Waals surface area contributed by atoms with Gasteiger partial charge in [-0.2, -0.15) is 0 Å². The monoisotopic (exact) mass is 150 g/mol. The Hall–Kier alpha value is -0.0300. The van der Waals surface area contributed by atoms with E-state index >= 15 is 0 Å². The summed E-state index contributed by atoms with van der Waals surface area (Å²) in [6, 6.07) is 0. The first-order valence-electron chi connectivity index (χ1n) is 2.60. The highest BCUT2D eigenvalue weighted by atomic mass is 32.1. The zero-order valence-corrected chi connectivity index (χ0v) is 5.93. The first kappa shape index (κ1) is 8.97. The summed E-state index contributed by atoms with van der Waals surface area (Å²) in [5.41, 5.74) is 0. The van der Waals surface area contributed by atoms with Gasteiger partial charge in [-0.3, -0.25) is 0 Å². The van der Waals surface area contributed by atoms with E-state index < -0.39 is 18.8 Å². The van der Waals surface area contributed by atoms with Crippen LogP contribution in [0.5, 0.6) is 0 Å². The van der Waals surface area contributed by atoms with Crippen molar-refractivity contribution in [1.82, 2.24) is 0 Å². The molecule has 0 bridgehead atoms. The van der Waals surface area contributed by atoms with E-state index in [-0.39, 0.29) is 4.86 Å². The van der Waals surface area contributed by atoms with E-state index in [0.29, 0.717) is 0 Å². The van der Waals surface area contributed by atoms with Gasteiger partial charge in [-0.1, -0.05) is 12.2 Å². The van der Waals surface area contributed by atoms with E-state index in [9.17, 15) is 0 Å². The molecular formula is C5H10O3S. The van der Waals surface area contributed by atoms with Crippen LogP contribution in [0.25, 0.3) is 0 Å². The van der Waals surface area contributed by atoms with Gasteiger partial charge in [-0.25, -0.2) is 0 Å². The number of hydrogen-bond donors (Lipinski definition) is 3. The fourth-order valence-electron chi connectivity index (χ4n) is 0.368. The maximum absolute atomic E-state index is 8.75. The van der Waals surface area contributed by atoms with Crippen LogP contribution in [0.2, 0.25) is 0 Å². The smallest absolute Gasteiger partial charge is 0.111 e. The quantitative estimate of drug-likeness (QED) is 0.456. The second-order valence-electron chi connectivity index (χ2n) is 1.78. The van der Waals surface area contributed by atoms with Crippen LogP contribution in [0.4, 0.5) is 0 Å². The molecule has 9 heavy (non-hydrogen) atoms. The zero-order valence-electron chi connectivity index (χ0n) is 5.11. The molecule has 0 fully saturated rings. The van der Waals surface area contributed by atoms with E-state index in [4.69, 9.17) is 15.3 Å². The minimum Gasteiger partial charge on any atom is -0.393 e. The first-order valence-corrected chi connectivity index (χ1v) is 3.01. The van der Waals surface area contributed by atoms with Crippen LogP contribution in [-0.2, 0) is 0 Å². The molecule has 0 heterocycles. The SMILES string of the molecule is CC(O)C(=S)C(O)CO. The molecular weight excluding hydrogens is 140 g/mol. The molecule has 3 N–H and O–H groups in total. The van der Waals surface area contributed by atoms with Crippen LogP contribution >= 0.6 is 12.2 Å². The second-order valence-corrected chi connectivity index (χ2v) is 2.25. The highest BCUT2D eigenvalue weighted by molar-refractivity contribution is 7.80. The molecule has 0 spiro atoms. The normalized spacial score (nSPS) is 16.9. The molecule has 54 valence electrons. The van der Waals surface area contributed by atoms with Gasteiger partial charge < -0.3 is 15.3 Å². The summed E-state index contributed by atoms with van der Waals surface area (Å²) >= 11 is 4.54. The van der Waals surface area contributed by atoms with Gasteiger partial charge in [0, 0.05) is 0 Å². The molecule has 0 aromatic heterocycles. The molecule has 0 saturated carbocycles. The van der Waals surface area contributed by atoms with Crippen molar-refractivity contribution in [3.8, 4) is 0 Å². The van der Waals surface area contributed by atoms with Gasteiger partial charge in [0.15, 0.2) is 0 Å². The number of aliphatic hydroxyl groups excluding tert-OH is 3. The Morgan fingerprint density at radius 2 is 2.00 bits per heavy atom. The average Bonchev–Trinajstić information content (AvgIpc) is 1.84. The van der Waals surface area contributed by atoms with E-state index in [1.54, 1.807) is 0 Å². The third-order valence-electron chi connectivity index (χ3n) is 0.913. The van der Waals surface area contributed by atoms with Crippen LogP contribution in [0.3, 0.4) is 0 Å². The minimum absolute atomic E-state index is 0.0810. The van der Waals surface area contributed by atoms with Gasteiger partial charge in [0.05, 0.1) is 17.6 Å². The number of rotatable bonds is 3. The molecule has 0 saturated heterocycles. The van der Waals surface area contributed by atoms with E-state index in [1.165, 1.54) is 6.92 Å². The Bertz CT molecular complexity index is 102. The van der Waals surface area contributed by atoms with Crippen molar-refractivity contribution < 1.29 is 15.3 Å². The molecule has 2 atom stereocenters. The Morgan fingerprint density at radius 1 is 1.56 bits per heavy atom. The van der Waals surface area contributed by atoms with E-state index in [2.05, 4.69) is 12.2 Å². The summed E-state index contributed by atoms with van der Waals surface area (Å²) in [5.74, 6) is 0. The summed E-state index contributed by atoms with van der Waals surface area (Å²) in [7, 11) is 0. The molecule has 0 aliphatic heterocycles. The minimum atomic E-state index is -1.07. The molecule has 0 aliphatic rings. The van der Waals surface area contributed by atoms with Crippen LogP contribution in [-0.4, -0.2) is 39.0 Å². The standard InChI is InChI=1S/C5H10O3S/c1-3(7)5(9)4(8)2-6/h3-4,6-8H,2H2,1H3. The predicted octanol–water partition coefficient (Wildman–Crippen LogP) is -0.910. The third-order valence-corrected chi connectivity index (χ3v) is 1.53. The Morgan fingerprint density at radius 3 is 2.11 bits per heavy atom. The summed E-state index contributed by atoms with van der Waals surface area (Å²) in [6.45, 7) is 1.02. The maximum atomic E-state index is 8.75. The van der Waals surface area contributed by atoms with Crippen molar-refractivity contribution in [1.29, 1.82) is 0 Å². The van der Waals surface area contributed by atoms with Gasteiger partial charge in [0.1, 0.15) is 6.10 Å². The highest BCUT2D eigenvalue weighted by Crippen LogP contribution is 1.93. The number of aliphatic hydroxyl groups is 3. The lowest BCUT2D eigenvalue weighted by Gasteiger charge is -2.10. The van der Waals surface area contributed by atoms with E-state index in [0.717, 1.165) is 0 Å². The topological polar surface area (TPSA) is 60.7 Å². The van der Waals surface area contributed by atoms with Crippen LogP contribution in [0, 0.1) is 0 Å². The summed E-state index contributed by atoms with van der Waals surface area (Å²) in [6.07, 6.45) is -1.90. The molecule has 0 radical (unpaired) electrons. The average molecular weight is 150 g/mol. The predicted molar refractivity (Wildman–Crippen MR) is 37.4 cm³/mol. The molecule has 3 nitrogen and oxygen atoms in total. The van der Waals surface area contributed by atoms with E-state index in [1.807, 2.05) is 0 Å². The van der Waals surface area contributed by atoms with Gasteiger partial charge >= 0.3 is 0 Å². The molecule has 0 rings (SSSR count). The highest BCUT2D eigenvalue weighted by Gasteiger charge is 2.13. The Balaban J connectivity index is 3.73. The van der Waals surface area contributed by atoms with Gasteiger partial charge in [0.25, 0.3) is 0 Å². The fourth-order valence-corrected chi connectivity index (χ4v) is 0.443. The lowest BCUT2D eigenvalue weighted by molar-refractivity contribution is 0.134. The van der Waals surface area contributed by atoms with Crippen LogP contribution in [0.1, 0.15) is 6.92 Å². The van der Waals surface area contributed by atoms with Crippen molar-refractivity contribution in [3.63, 3.8) is 0 Å². The molecule has 2 unspecified atom stereocenters. The number of thiocarbonyl (C=S) groups is 1. The summed E-state index contributed by atoms with van der Waals surface area (Å²) in [5, 5.41) is 25.8. The fraction of sp³-hybridized carbons (Fsp3) is 0.800. The first-order chi connectivity index (χ1) is 4.09. The molecule has 4 heteroatoms. The zero-order chi connectivity index (χ0) is 7.44. The van der Waals surface area contributed by atoms with Crippen LogP contribution < -0.4 is 0 Å². The second kappa shape index (κ2) is 3.90. The maximum Gasteiger partial charge on any atom is 0.111 e. The third kappa shape index (κ3) is 2.86. The Kier molecular flexibility index (Phi) is 3.88. The number of hydrogen-bond acceptors (Lipinski definition) is 4. The van der Waals surface area contributed by atoms with Gasteiger partial charge in [-0.05, 0) is 6.92 Å². The molecule has 0 aliphatic carbocycles. The van der Waals surface area contributed by atoms with Gasteiger partial charge in [-0.15, -0.1) is 0 Å². The molecule has 0 aromatic rings. The largest absolute Gasteiger partial charge is 0.393 e. The lowest BCUT2D eigenvalue weighted by Crippen LogP contribution is -2.30. The molecule has 0 amide bonds. The van der Waals surface area contributed by atoms with Crippen molar-refractivity contribution in [2.45, 2.75) is 19.1 Å². The van der Waals surface area contributed by atoms with Gasteiger partial charge in [0.2, 0.25) is 0 Å². The van der Waals surface area contributed by atoms with Crippen molar-refractivity contribution >= 4 is 17.1 Å². The van der Waals surface area contributed by atoms with Crippen molar-refractivity contribution in [2.24, 2.45) is 0 Å².